The van der Waals surface area contributed by atoms with Gasteiger partial charge in [-0.2, -0.15) is 13.2 Å². The lowest BCUT2D eigenvalue weighted by Gasteiger charge is -2.27. The van der Waals surface area contributed by atoms with Crippen molar-refractivity contribution in [2.24, 2.45) is 0 Å². The fraction of sp³-hybridized carbons (Fsp3) is 0.267. The smallest absolute Gasteiger partial charge is 0.416 e. The Morgan fingerprint density at radius 2 is 1.86 bits per heavy atom. The molecule has 1 N–H and O–H groups in total. The van der Waals surface area contributed by atoms with Crippen LogP contribution >= 0.6 is 0 Å². The van der Waals surface area contributed by atoms with Crippen LogP contribution in [0.5, 0.6) is 5.75 Å². The molecule has 0 aliphatic carbocycles. The number of alkyl halides is 3. The number of hydrogen-bond acceptors (Lipinski definition) is 3. The molecule has 0 saturated heterocycles. The average Bonchev–Trinajstić information content (AvgIpc) is 2.46. The Morgan fingerprint density at radius 1 is 1.14 bits per heavy atom. The Kier molecular flexibility index (Phi) is 3.91. The lowest BCUT2D eigenvalue weighted by atomic mass is 9.86. The summed E-state index contributed by atoms with van der Waals surface area (Å²) in [4.78, 5) is 3.70. The normalized spacial score (nSPS) is 14.6. The molecular weight excluding hydrogens is 283 g/mol. The monoisotopic (exact) mass is 297 g/mol. The SMILES string of the molecule is COc1cccc(C(C)(O)c2cnccc2C(F)(F)F)c1. The second-order valence-electron chi connectivity index (χ2n) is 4.72. The lowest BCUT2D eigenvalue weighted by Crippen LogP contribution is -2.27. The Balaban J connectivity index is 2.58. The van der Waals surface area contributed by atoms with Crippen molar-refractivity contribution >= 4 is 0 Å². The largest absolute Gasteiger partial charge is 0.497 e. The van der Waals surface area contributed by atoms with E-state index in [9.17, 15) is 18.3 Å². The molecular formula is C15H14F3NO2. The van der Waals surface area contributed by atoms with Crippen LogP contribution in [0.4, 0.5) is 13.2 Å². The Bertz CT molecular complexity index is 639. The first kappa shape index (κ1) is 15.3. The van der Waals surface area contributed by atoms with Gasteiger partial charge in [-0.25, -0.2) is 0 Å². The number of nitrogens with zero attached hydrogens (tertiary/aromatic N) is 1. The third kappa shape index (κ3) is 3.00. The molecule has 0 amide bonds. The minimum atomic E-state index is -4.57. The quantitative estimate of drug-likeness (QED) is 0.944. The molecule has 2 rings (SSSR count). The molecule has 1 heterocycles. The van der Waals surface area contributed by atoms with E-state index in [2.05, 4.69) is 4.98 Å². The van der Waals surface area contributed by atoms with Crippen LogP contribution in [-0.4, -0.2) is 17.2 Å². The number of aliphatic hydroxyl groups is 1. The Labute approximate surface area is 120 Å². The third-order valence-corrected chi connectivity index (χ3v) is 3.28. The van der Waals surface area contributed by atoms with E-state index >= 15 is 0 Å². The highest BCUT2D eigenvalue weighted by atomic mass is 19.4. The van der Waals surface area contributed by atoms with Crippen LogP contribution in [0.2, 0.25) is 0 Å². The molecule has 1 aromatic carbocycles. The fourth-order valence-corrected chi connectivity index (χ4v) is 2.11. The van der Waals surface area contributed by atoms with Gasteiger partial charge >= 0.3 is 6.18 Å². The van der Waals surface area contributed by atoms with E-state index in [1.807, 2.05) is 0 Å². The van der Waals surface area contributed by atoms with E-state index in [0.717, 1.165) is 18.5 Å². The van der Waals surface area contributed by atoms with Crippen molar-refractivity contribution in [3.63, 3.8) is 0 Å². The maximum Gasteiger partial charge on any atom is 0.416 e. The number of hydrogen-bond donors (Lipinski definition) is 1. The molecule has 0 aliphatic heterocycles. The summed E-state index contributed by atoms with van der Waals surface area (Å²) >= 11 is 0. The molecule has 0 fully saturated rings. The first-order valence-electron chi connectivity index (χ1n) is 6.15. The standard InChI is InChI=1S/C15H14F3NO2/c1-14(20,10-4-3-5-11(8-10)21-2)13-9-19-7-6-12(13)15(16,17)18/h3-9,20H,1-2H3. The molecule has 6 heteroatoms. The Morgan fingerprint density at radius 3 is 2.48 bits per heavy atom. The van der Waals surface area contributed by atoms with Crippen LogP contribution in [0.1, 0.15) is 23.6 Å². The molecule has 2 aromatic rings. The zero-order valence-corrected chi connectivity index (χ0v) is 11.5. The van der Waals surface area contributed by atoms with Crippen LogP contribution in [0.3, 0.4) is 0 Å². The number of pyridine rings is 1. The van der Waals surface area contributed by atoms with Crippen LogP contribution in [0.15, 0.2) is 42.7 Å². The van der Waals surface area contributed by atoms with Crippen molar-refractivity contribution in [3.05, 3.63) is 59.4 Å². The van der Waals surface area contributed by atoms with Crippen molar-refractivity contribution in [2.45, 2.75) is 18.7 Å². The zero-order valence-electron chi connectivity index (χ0n) is 11.5. The number of benzene rings is 1. The topological polar surface area (TPSA) is 42.4 Å². The van der Waals surface area contributed by atoms with Crippen LogP contribution in [0, 0.1) is 0 Å². The minimum absolute atomic E-state index is 0.292. The van der Waals surface area contributed by atoms with Crippen molar-refractivity contribution in [2.75, 3.05) is 7.11 Å². The van der Waals surface area contributed by atoms with Crippen molar-refractivity contribution in [1.82, 2.24) is 4.98 Å². The predicted octanol–water partition coefficient (Wildman–Crippen LogP) is 3.36. The first-order valence-corrected chi connectivity index (χ1v) is 6.15. The van der Waals surface area contributed by atoms with Gasteiger partial charge in [0.1, 0.15) is 11.4 Å². The van der Waals surface area contributed by atoms with Gasteiger partial charge in [0.2, 0.25) is 0 Å². The van der Waals surface area contributed by atoms with Gasteiger partial charge in [-0.15, -0.1) is 0 Å². The van der Waals surface area contributed by atoms with Gasteiger partial charge in [0.15, 0.2) is 0 Å². The van der Waals surface area contributed by atoms with E-state index in [1.54, 1.807) is 12.1 Å². The number of methoxy groups -OCH3 is 1. The summed E-state index contributed by atoms with van der Waals surface area (Å²) in [5.74, 6) is 0.449. The van der Waals surface area contributed by atoms with E-state index in [-0.39, 0.29) is 5.56 Å². The molecule has 3 nitrogen and oxygen atoms in total. The highest BCUT2D eigenvalue weighted by molar-refractivity contribution is 5.42. The summed E-state index contributed by atoms with van der Waals surface area (Å²) in [5, 5.41) is 10.6. The lowest BCUT2D eigenvalue weighted by molar-refractivity contribution is -0.140. The van der Waals surface area contributed by atoms with Gasteiger partial charge in [0.05, 0.1) is 12.7 Å². The van der Waals surface area contributed by atoms with Crippen LogP contribution in [0.25, 0.3) is 0 Å². The van der Waals surface area contributed by atoms with Crippen LogP contribution in [-0.2, 0) is 11.8 Å². The molecule has 0 radical (unpaired) electrons. The number of rotatable bonds is 3. The summed E-state index contributed by atoms with van der Waals surface area (Å²) < 4.78 is 44.3. The molecule has 1 aromatic heterocycles. The summed E-state index contributed by atoms with van der Waals surface area (Å²) in [6.45, 7) is 1.30. The van der Waals surface area contributed by atoms with E-state index < -0.39 is 17.3 Å². The molecule has 0 bridgehead atoms. The van der Waals surface area contributed by atoms with Crippen molar-refractivity contribution in [1.29, 1.82) is 0 Å². The maximum absolute atomic E-state index is 13.1. The van der Waals surface area contributed by atoms with Crippen molar-refractivity contribution < 1.29 is 23.0 Å². The van der Waals surface area contributed by atoms with E-state index in [0.29, 0.717) is 11.3 Å². The maximum atomic E-state index is 13.1. The van der Waals surface area contributed by atoms with Crippen molar-refractivity contribution in [3.8, 4) is 5.75 Å². The molecule has 1 atom stereocenters. The third-order valence-electron chi connectivity index (χ3n) is 3.28. The summed E-state index contributed by atoms with van der Waals surface area (Å²) in [6, 6.07) is 7.13. The summed E-state index contributed by atoms with van der Waals surface area (Å²) in [6.07, 6.45) is -2.49. The number of halogens is 3. The fourth-order valence-electron chi connectivity index (χ4n) is 2.11. The zero-order chi connectivity index (χ0) is 15.7. The number of aromatic nitrogens is 1. The second-order valence-corrected chi connectivity index (χ2v) is 4.72. The van der Waals surface area contributed by atoms with Gasteiger partial charge in [-0.05, 0) is 30.7 Å². The van der Waals surface area contributed by atoms with Gasteiger partial charge < -0.3 is 9.84 Å². The van der Waals surface area contributed by atoms with Gasteiger partial charge in [-0.1, -0.05) is 12.1 Å². The highest BCUT2D eigenvalue weighted by Gasteiger charge is 2.39. The minimum Gasteiger partial charge on any atom is -0.497 e. The Hall–Kier alpha value is -2.08. The van der Waals surface area contributed by atoms with Gasteiger partial charge in [-0.3, -0.25) is 4.98 Å². The van der Waals surface area contributed by atoms with Gasteiger partial charge in [0.25, 0.3) is 0 Å². The summed E-state index contributed by atoms with van der Waals surface area (Å²) in [5.41, 5.74) is -2.76. The van der Waals surface area contributed by atoms with E-state index in [1.165, 1.54) is 26.2 Å². The average molecular weight is 297 g/mol. The molecule has 0 saturated carbocycles. The molecule has 112 valence electrons. The summed E-state index contributed by atoms with van der Waals surface area (Å²) in [7, 11) is 1.44. The number of ether oxygens (including phenoxy) is 1. The van der Waals surface area contributed by atoms with Crippen LogP contribution < -0.4 is 4.74 Å². The predicted molar refractivity (Wildman–Crippen MR) is 70.9 cm³/mol. The molecule has 0 spiro atoms. The highest BCUT2D eigenvalue weighted by Crippen LogP contribution is 2.39. The second kappa shape index (κ2) is 5.37. The van der Waals surface area contributed by atoms with Gasteiger partial charge in [0, 0.05) is 18.0 Å². The molecule has 21 heavy (non-hydrogen) atoms. The van der Waals surface area contributed by atoms with E-state index in [4.69, 9.17) is 4.74 Å². The molecule has 1 unspecified atom stereocenters. The molecule has 0 aliphatic rings. The first-order chi connectivity index (χ1) is 9.76.